The fourth-order valence-corrected chi connectivity index (χ4v) is 3.10. The normalized spacial score (nSPS) is 11.1. The van der Waals surface area contributed by atoms with Gasteiger partial charge >= 0.3 is 0 Å². The second-order valence-corrected chi connectivity index (χ2v) is 7.37. The molecule has 0 bridgehead atoms. The number of hydrogen-bond donors (Lipinski definition) is 1. The van der Waals surface area contributed by atoms with E-state index in [1.165, 1.54) is 17.5 Å². The van der Waals surface area contributed by atoms with Crippen molar-refractivity contribution in [2.75, 3.05) is 19.8 Å². The van der Waals surface area contributed by atoms with Crippen LogP contribution in [-0.2, 0) is 17.8 Å². The number of rotatable bonds is 12. The van der Waals surface area contributed by atoms with Crippen LogP contribution in [-0.4, -0.2) is 34.8 Å². The van der Waals surface area contributed by atoms with Gasteiger partial charge in [0.25, 0.3) is 0 Å². The first-order valence-corrected chi connectivity index (χ1v) is 10.6. The molecule has 0 aliphatic rings. The molecule has 5 heteroatoms. The predicted octanol–water partition coefficient (Wildman–Crippen LogP) is 4.60. The standard InChI is InChI=1S/C24H32N4O/c1-3-4-16-29-17-8-15-25-18-23-24(22-9-6-5-7-10-22)27-28(26-23)19-21-13-11-20(2)12-14-21/h5-7,9-14,25H,3-4,8,15-19H2,1-2H3. The molecule has 2 aromatic carbocycles. The fraction of sp³-hybridized carbons (Fsp3) is 0.417. The largest absolute Gasteiger partial charge is 0.381 e. The molecule has 0 aliphatic heterocycles. The zero-order chi connectivity index (χ0) is 20.3. The Hall–Kier alpha value is -2.50. The predicted molar refractivity (Wildman–Crippen MR) is 118 cm³/mol. The van der Waals surface area contributed by atoms with Gasteiger partial charge in [-0.25, -0.2) is 0 Å². The number of hydrogen-bond acceptors (Lipinski definition) is 4. The molecule has 3 rings (SSSR count). The lowest BCUT2D eigenvalue weighted by Crippen LogP contribution is -2.17. The highest BCUT2D eigenvalue weighted by Gasteiger charge is 2.13. The molecule has 0 fully saturated rings. The fourth-order valence-electron chi connectivity index (χ4n) is 3.10. The van der Waals surface area contributed by atoms with Gasteiger partial charge in [0.1, 0.15) is 11.4 Å². The second kappa shape index (κ2) is 11.5. The molecule has 0 spiro atoms. The summed E-state index contributed by atoms with van der Waals surface area (Å²) in [6, 6.07) is 18.8. The van der Waals surface area contributed by atoms with Crippen molar-refractivity contribution in [2.24, 2.45) is 0 Å². The van der Waals surface area contributed by atoms with Crippen LogP contribution in [0.5, 0.6) is 0 Å². The maximum atomic E-state index is 5.63. The highest BCUT2D eigenvalue weighted by atomic mass is 16.5. The van der Waals surface area contributed by atoms with E-state index in [1.54, 1.807) is 4.80 Å². The Morgan fingerprint density at radius 1 is 0.931 bits per heavy atom. The number of ether oxygens (including phenoxy) is 1. The molecule has 0 radical (unpaired) electrons. The summed E-state index contributed by atoms with van der Waals surface area (Å²) in [5.41, 5.74) is 5.49. The van der Waals surface area contributed by atoms with Crippen molar-refractivity contribution in [1.82, 2.24) is 20.3 Å². The van der Waals surface area contributed by atoms with Crippen molar-refractivity contribution in [2.45, 2.75) is 46.2 Å². The number of unbranched alkanes of at least 4 members (excludes halogenated alkanes) is 1. The summed E-state index contributed by atoms with van der Waals surface area (Å²) in [5, 5.41) is 13.1. The molecular formula is C24H32N4O. The Morgan fingerprint density at radius 3 is 2.45 bits per heavy atom. The minimum absolute atomic E-state index is 0.672. The number of aryl methyl sites for hydroxylation is 1. The van der Waals surface area contributed by atoms with Crippen LogP contribution in [0.4, 0.5) is 0 Å². The number of nitrogens with zero attached hydrogens (tertiary/aromatic N) is 3. The van der Waals surface area contributed by atoms with E-state index in [1.807, 2.05) is 18.2 Å². The molecule has 0 amide bonds. The van der Waals surface area contributed by atoms with E-state index < -0.39 is 0 Å². The third-order valence-electron chi connectivity index (χ3n) is 4.79. The van der Waals surface area contributed by atoms with Crippen molar-refractivity contribution in [3.8, 4) is 11.3 Å². The summed E-state index contributed by atoms with van der Waals surface area (Å²) in [4.78, 5) is 1.80. The summed E-state index contributed by atoms with van der Waals surface area (Å²) in [7, 11) is 0. The molecule has 1 aromatic heterocycles. The first-order valence-electron chi connectivity index (χ1n) is 10.6. The van der Waals surface area contributed by atoms with E-state index >= 15 is 0 Å². The van der Waals surface area contributed by atoms with E-state index in [-0.39, 0.29) is 0 Å². The van der Waals surface area contributed by atoms with E-state index in [0.717, 1.165) is 49.6 Å². The zero-order valence-electron chi connectivity index (χ0n) is 17.6. The topological polar surface area (TPSA) is 52.0 Å². The van der Waals surface area contributed by atoms with Crippen molar-refractivity contribution in [3.63, 3.8) is 0 Å². The minimum Gasteiger partial charge on any atom is -0.381 e. The Kier molecular flexibility index (Phi) is 8.40. The van der Waals surface area contributed by atoms with Crippen molar-refractivity contribution < 1.29 is 4.74 Å². The van der Waals surface area contributed by atoms with Gasteiger partial charge < -0.3 is 10.1 Å². The summed E-state index contributed by atoms with van der Waals surface area (Å²) < 4.78 is 5.63. The number of benzene rings is 2. The Morgan fingerprint density at radius 2 is 1.69 bits per heavy atom. The highest BCUT2D eigenvalue weighted by molar-refractivity contribution is 5.60. The Bertz CT molecular complexity index is 843. The van der Waals surface area contributed by atoms with Gasteiger partial charge in [0, 0.05) is 25.3 Å². The van der Waals surface area contributed by atoms with Crippen LogP contribution < -0.4 is 5.32 Å². The summed E-state index contributed by atoms with van der Waals surface area (Å²) in [6.07, 6.45) is 3.32. The van der Waals surface area contributed by atoms with Gasteiger partial charge in [0.05, 0.1) is 6.54 Å². The van der Waals surface area contributed by atoms with Gasteiger partial charge in [-0.2, -0.15) is 15.0 Å². The molecular weight excluding hydrogens is 360 g/mol. The van der Waals surface area contributed by atoms with Gasteiger partial charge in [0.2, 0.25) is 0 Å². The molecule has 0 atom stereocenters. The third-order valence-corrected chi connectivity index (χ3v) is 4.79. The lowest BCUT2D eigenvalue weighted by molar-refractivity contribution is 0.128. The average molecular weight is 393 g/mol. The van der Waals surface area contributed by atoms with Crippen LogP contribution in [0.25, 0.3) is 11.3 Å². The number of aromatic nitrogens is 3. The highest BCUT2D eigenvalue weighted by Crippen LogP contribution is 2.20. The molecule has 5 nitrogen and oxygen atoms in total. The molecule has 0 saturated carbocycles. The van der Waals surface area contributed by atoms with Gasteiger partial charge in [-0.3, -0.25) is 0 Å². The van der Waals surface area contributed by atoms with Crippen LogP contribution in [0, 0.1) is 6.92 Å². The summed E-state index contributed by atoms with van der Waals surface area (Å²) in [6.45, 7) is 8.23. The van der Waals surface area contributed by atoms with Crippen LogP contribution >= 0.6 is 0 Å². The molecule has 0 saturated heterocycles. The Labute approximate surface area is 174 Å². The maximum absolute atomic E-state index is 5.63. The molecule has 29 heavy (non-hydrogen) atoms. The lowest BCUT2D eigenvalue weighted by Gasteiger charge is -2.05. The van der Waals surface area contributed by atoms with Gasteiger partial charge in [-0.1, -0.05) is 73.5 Å². The third kappa shape index (κ3) is 6.80. The van der Waals surface area contributed by atoms with E-state index in [2.05, 4.69) is 55.6 Å². The van der Waals surface area contributed by atoms with Crippen LogP contribution in [0.2, 0.25) is 0 Å². The van der Waals surface area contributed by atoms with Crippen molar-refractivity contribution in [3.05, 3.63) is 71.4 Å². The SMILES string of the molecule is CCCCOCCCNCc1nn(Cc2ccc(C)cc2)nc1-c1ccccc1. The first-order chi connectivity index (χ1) is 14.3. The van der Waals surface area contributed by atoms with Crippen LogP contribution in [0.3, 0.4) is 0 Å². The Balaban J connectivity index is 1.61. The smallest absolute Gasteiger partial charge is 0.117 e. The van der Waals surface area contributed by atoms with E-state index in [9.17, 15) is 0 Å². The molecule has 0 aliphatic carbocycles. The van der Waals surface area contributed by atoms with Crippen LogP contribution in [0.1, 0.15) is 43.0 Å². The summed E-state index contributed by atoms with van der Waals surface area (Å²) >= 11 is 0. The maximum Gasteiger partial charge on any atom is 0.117 e. The monoisotopic (exact) mass is 392 g/mol. The lowest BCUT2D eigenvalue weighted by atomic mass is 10.1. The zero-order valence-corrected chi connectivity index (χ0v) is 17.6. The van der Waals surface area contributed by atoms with Gasteiger partial charge in [0.15, 0.2) is 0 Å². The average Bonchev–Trinajstić information content (AvgIpc) is 3.15. The van der Waals surface area contributed by atoms with E-state index in [4.69, 9.17) is 14.9 Å². The molecule has 1 N–H and O–H groups in total. The number of nitrogens with one attached hydrogen (secondary N) is 1. The molecule has 154 valence electrons. The van der Waals surface area contributed by atoms with Crippen LogP contribution in [0.15, 0.2) is 54.6 Å². The van der Waals surface area contributed by atoms with Crippen molar-refractivity contribution >= 4 is 0 Å². The quantitative estimate of drug-likeness (QED) is 0.458. The van der Waals surface area contributed by atoms with E-state index in [0.29, 0.717) is 13.1 Å². The van der Waals surface area contributed by atoms with Crippen molar-refractivity contribution in [1.29, 1.82) is 0 Å². The minimum atomic E-state index is 0.672. The van der Waals surface area contributed by atoms with Gasteiger partial charge in [-0.05, 0) is 31.9 Å². The van der Waals surface area contributed by atoms with Gasteiger partial charge in [-0.15, -0.1) is 0 Å². The molecule has 0 unspecified atom stereocenters. The molecule has 1 heterocycles. The summed E-state index contributed by atoms with van der Waals surface area (Å²) in [5.74, 6) is 0. The first kappa shape index (κ1) is 21.2. The molecule has 3 aromatic rings. The second-order valence-electron chi connectivity index (χ2n) is 7.37.